The van der Waals surface area contributed by atoms with Crippen LogP contribution in [0.15, 0.2) is 0 Å². The van der Waals surface area contributed by atoms with Crippen LogP contribution in [0.25, 0.3) is 0 Å². The molecule has 0 heterocycles. The molecule has 0 amide bonds. The molecule has 0 aromatic heterocycles. The molecule has 0 fully saturated rings. The first-order chi connectivity index (χ1) is 9.25. The molecule has 0 unspecified atom stereocenters. The number of nitrogens with one attached hydrogen (secondary N) is 2. The average Bonchev–Trinajstić information content (AvgIpc) is 2.33. The van der Waals surface area contributed by atoms with Gasteiger partial charge in [0.1, 0.15) is 0 Å². The minimum absolute atomic E-state index is 0.437. The van der Waals surface area contributed by atoms with Crippen LogP contribution in [-0.2, 0) is 10.2 Å². The molecule has 0 saturated heterocycles. The van der Waals surface area contributed by atoms with Gasteiger partial charge in [-0.15, -0.1) is 0 Å². The lowest BCUT2D eigenvalue weighted by atomic mass is 10.3. The van der Waals surface area contributed by atoms with Crippen molar-refractivity contribution in [2.45, 2.75) is 39.2 Å². The molecule has 0 rings (SSSR count). The molecule has 0 spiro atoms. The highest BCUT2D eigenvalue weighted by molar-refractivity contribution is 7.87. The van der Waals surface area contributed by atoms with Gasteiger partial charge in [-0.1, -0.05) is 13.8 Å². The Bertz CT molecular complexity index is 331. The molecule has 0 aromatic rings. The van der Waals surface area contributed by atoms with Gasteiger partial charge in [0.25, 0.3) is 10.2 Å². The molecule has 0 aliphatic heterocycles. The number of nitrogens with zero attached hydrogens (tertiary/aromatic N) is 2. The van der Waals surface area contributed by atoms with Crippen LogP contribution in [0.4, 0.5) is 0 Å². The second kappa shape index (κ2) is 10.5. The minimum atomic E-state index is -3.32. The molecular weight excluding hydrogens is 276 g/mol. The molecule has 2 N–H and O–H groups in total. The Morgan fingerprint density at radius 1 is 0.950 bits per heavy atom. The fourth-order valence-corrected chi connectivity index (χ4v) is 2.67. The number of rotatable bonds is 12. The van der Waals surface area contributed by atoms with E-state index in [1.54, 1.807) is 7.05 Å². The van der Waals surface area contributed by atoms with E-state index in [0.717, 1.165) is 32.4 Å². The van der Waals surface area contributed by atoms with Gasteiger partial charge in [0.05, 0.1) is 0 Å². The highest BCUT2D eigenvalue weighted by atomic mass is 32.2. The van der Waals surface area contributed by atoms with Crippen molar-refractivity contribution in [1.29, 1.82) is 0 Å². The van der Waals surface area contributed by atoms with Crippen LogP contribution < -0.4 is 10.0 Å². The third-order valence-corrected chi connectivity index (χ3v) is 4.50. The zero-order valence-corrected chi connectivity index (χ0v) is 14.5. The highest BCUT2D eigenvalue weighted by Gasteiger charge is 2.15. The quantitative estimate of drug-likeness (QED) is 0.515. The van der Waals surface area contributed by atoms with E-state index < -0.39 is 10.2 Å². The third-order valence-electron chi connectivity index (χ3n) is 2.93. The highest BCUT2D eigenvalue weighted by Crippen LogP contribution is 1.97. The van der Waals surface area contributed by atoms with E-state index in [2.05, 4.69) is 28.8 Å². The van der Waals surface area contributed by atoms with Crippen molar-refractivity contribution in [3.63, 3.8) is 0 Å². The van der Waals surface area contributed by atoms with E-state index in [0.29, 0.717) is 19.1 Å². The van der Waals surface area contributed by atoms with E-state index >= 15 is 0 Å². The van der Waals surface area contributed by atoms with Crippen molar-refractivity contribution in [3.05, 3.63) is 0 Å². The molecular formula is C13H32N4O2S. The van der Waals surface area contributed by atoms with Gasteiger partial charge >= 0.3 is 0 Å². The summed E-state index contributed by atoms with van der Waals surface area (Å²) in [7, 11) is 2.34. The Morgan fingerprint density at radius 2 is 1.60 bits per heavy atom. The van der Waals surface area contributed by atoms with Crippen molar-refractivity contribution in [2.24, 2.45) is 0 Å². The second-order valence-electron chi connectivity index (χ2n) is 5.69. The van der Waals surface area contributed by atoms with Crippen molar-refractivity contribution in [2.75, 3.05) is 47.3 Å². The summed E-state index contributed by atoms with van der Waals surface area (Å²) in [6.45, 7) is 7.02. The number of hydrogen-bond acceptors (Lipinski definition) is 4. The lowest BCUT2D eigenvalue weighted by molar-refractivity contribution is 0.392. The van der Waals surface area contributed by atoms with Crippen molar-refractivity contribution in [3.8, 4) is 0 Å². The Balaban J connectivity index is 3.80. The van der Waals surface area contributed by atoms with Gasteiger partial charge in [0, 0.05) is 26.2 Å². The summed E-state index contributed by atoms with van der Waals surface area (Å²) >= 11 is 0. The maximum absolute atomic E-state index is 11.9. The van der Waals surface area contributed by atoms with Gasteiger partial charge in [-0.25, -0.2) is 4.72 Å². The Hall–Kier alpha value is -0.210. The molecule has 0 bridgehead atoms. The predicted octanol–water partition coefficient (Wildman–Crippen LogP) is 0.483. The molecule has 20 heavy (non-hydrogen) atoms. The molecule has 6 nitrogen and oxygen atoms in total. The van der Waals surface area contributed by atoms with Crippen LogP contribution in [0.2, 0.25) is 0 Å². The van der Waals surface area contributed by atoms with Crippen LogP contribution >= 0.6 is 0 Å². The Kier molecular flexibility index (Phi) is 10.4. The Morgan fingerprint density at radius 3 is 2.15 bits per heavy atom. The zero-order chi connectivity index (χ0) is 15.6. The molecule has 0 saturated carbocycles. The largest absolute Gasteiger partial charge is 0.314 e. The van der Waals surface area contributed by atoms with E-state index in [9.17, 15) is 8.42 Å². The van der Waals surface area contributed by atoms with E-state index in [1.807, 2.05) is 14.1 Å². The van der Waals surface area contributed by atoms with Crippen LogP contribution in [-0.4, -0.2) is 71.0 Å². The fraction of sp³-hybridized carbons (Fsp3) is 1.00. The molecule has 0 aliphatic carbocycles. The topological polar surface area (TPSA) is 64.7 Å². The smallest absolute Gasteiger partial charge is 0.279 e. The lowest BCUT2D eigenvalue weighted by Gasteiger charge is -2.18. The zero-order valence-electron chi connectivity index (χ0n) is 13.6. The maximum Gasteiger partial charge on any atom is 0.279 e. The SMILES string of the molecule is CC(C)NCCCN(C)S(=O)(=O)NCCCCN(C)C. The summed E-state index contributed by atoms with van der Waals surface area (Å²) in [5, 5.41) is 3.28. The van der Waals surface area contributed by atoms with Gasteiger partial charge in [-0.2, -0.15) is 12.7 Å². The summed E-state index contributed by atoms with van der Waals surface area (Å²) in [6.07, 6.45) is 2.67. The molecule has 0 aromatic carbocycles. The number of hydrogen-bond donors (Lipinski definition) is 2. The van der Waals surface area contributed by atoms with Crippen molar-refractivity contribution < 1.29 is 8.42 Å². The summed E-state index contributed by atoms with van der Waals surface area (Å²) in [5.74, 6) is 0. The summed E-state index contributed by atoms with van der Waals surface area (Å²) in [4.78, 5) is 2.10. The lowest BCUT2D eigenvalue weighted by Crippen LogP contribution is -2.40. The summed E-state index contributed by atoms with van der Waals surface area (Å²) < 4.78 is 27.9. The minimum Gasteiger partial charge on any atom is -0.314 e. The van der Waals surface area contributed by atoms with Crippen molar-refractivity contribution >= 4 is 10.2 Å². The van der Waals surface area contributed by atoms with Gasteiger partial charge in [-0.05, 0) is 46.4 Å². The van der Waals surface area contributed by atoms with Gasteiger partial charge in [0.2, 0.25) is 0 Å². The first-order valence-corrected chi connectivity index (χ1v) is 8.78. The predicted molar refractivity (Wildman–Crippen MR) is 85.1 cm³/mol. The summed E-state index contributed by atoms with van der Waals surface area (Å²) in [6, 6.07) is 0.437. The second-order valence-corrected chi connectivity index (χ2v) is 7.56. The third kappa shape index (κ3) is 10.6. The molecule has 122 valence electrons. The van der Waals surface area contributed by atoms with Crippen LogP contribution in [0.3, 0.4) is 0 Å². The number of unbranched alkanes of at least 4 members (excludes halogenated alkanes) is 1. The molecule has 7 heteroatoms. The van der Waals surface area contributed by atoms with Crippen molar-refractivity contribution in [1.82, 2.24) is 19.2 Å². The van der Waals surface area contributed by atoms with E-state index in [-0.39, 0.29) is 0 Å². The first kappa shape index (κ1) is 19.8. The maximum atomic E-state index is 11.9. The summed E-state index contributed by atoms with van der Waals surface area (Å²) in [5.41, 5.74) is 0. The van der Waals surface area contributed by atoms with Gasteiger partial charge < -0.3 is 10.2 Å². The fourth-order valence-electron chi connectivity index (χ4n) is 1.68. The van der Waals surface area contributed by atoms with Crippen LogP contribution in [0.5, 0.6) is 0 Å². The molecule has 0 radical (unpaired) electrons. The standard InChI is InChI=1S/C13H32N4O2S/c1-13(2)14-9-8-12-17(5)20(18,19)15-10-6-7-11-16(3)4/h13-15H,6-12H2,1-5H3. The van der Waals surface area contributed by atoms with E-state index in [4.69, 9.17) is 0 Å². The average molecular weight is 308 g/mol. The van der Waals surface area contributed by atoms with E-state index in [1.165, 1.54) is 4.31 Å². The normalized spacial score (nSPS) is 12.8. The first-order valence-electron chi connectivity index (χ1n) is 7.34. The van der Waals surface area contributed by atoms with Crippen LogP contribution in [0.1, 0.15) is 33.1 Å². The monoisotopic (exact) mass is 308 g/mol. The van der Waals surface area contributed by atoms with Gasteiger partial charge in [0.15, 0.2) is 0 Å². The Labute approximate surface area is 125 Å². The molecule has 0 aliphatic rings. The molecule has 0 atom stereocenters. The van der Waals surface area contributed by atoms with Crippen LogP contribution in [0, 0.1) is 0 Å². The van der Waals surface area contributed by atoms with Gasteiger partial charge in [-0.3, -0.25) is 0 Å².